The SMILES string of the molecule is CCCCCCCCC/C=C\CCCCCCCC(=O)OCCCCCCCCCC/C=C\CCCCCCCCCC(=O)NC(CO)C(O)/C=C/CCCCCCCCCCCCCCC. The Labute approximate surface area is 417 Å². The molecular weight excluding hydrogens is 827 g/mol. The molecule has 0 saturated carbocycles. The van der Waals surface area contributed by atoms with Crippen molar-refractivity contribution >= 4 is 11.9 Å². The summed E-state index contributed by atoms with van der Waals surface area (Å²) in [5, 5.41) is 23.1. The van der Waals surface area contributed by atoms with Crippen molar-refractivity contribution in [2.24, 2.45) is 0 Å². The first-order valence-electron chi connectivity index (χ1n) is 29.8. The summed E-state index contributed by atoms with van der Waals surface area (Å²) in [6, 6.07) is -0.635. The van der Waals surface area contributed by atoms with Crippen LogP contribution in [0, 0.1) is 0 Å². The van der Waals surface area contributed by atoms with E-state index in [1.54, 1.807) is 6.08 Å². The van der Waals surface area contributed by atoms with E-state index >= 15 is 0 Å². The van der Waals surface area contributed by atoms with Gasteiger partial charge < -0.3 is 20.3 Å². The molecule has 6 nitrogen and oxygen atoms in total. The van der Waals surface area contributed by atoms with E-state index in [0.717, 1.165) is 51.4 Å². The normalized spacial score (nSPS) is 12.8. The molecular formula is C61H115NO5. The molecule has 0 spiro atoms. The summed E-state index contributed by atoms with van der Waals surface area (Å²) in [5.41, 5.74) is 0. The second kappa shape index (κ2) is 56.7. The maximum absolute atomic E-state index is 12.5. The van der Waals surface area contributed by atoms with Crippen LogP contribution in [-0.4, -0.2) is 47.4 Å². The van der Waals surface area contributed by atoms with Crippen LogP contribution < -0.4 is 5.32 Å². The summed E-state index contributed by atoms with van der Waals surface area (Å²) in [5.74, 6) is -0.0814. The summed E-state index contributed by atoms with van der Waals surface area (Å²) in [4.78, 5) is 24.5. The van der Waals surface area contributed by atoms with Crippen LogP contribution in [0.1, 0.15) is 316 Å². The van der Waals surface area contributed by atoms with Crippen molar-refractivity contribution in [3.8, 4) is 0 Å². The predicted molar refractivity (Wildman–Crippen MR) is 292 cm³/mol. The van der Waals surface area contributed by atoms with E-state index in [-0.39, 0.29) is 18.5 Å². The number of unbranched alkanes of at least 4 members (excludes halogenated alkanes) is 40. The Hall–Kier alpha value is -1.92. The van der Waals surface area contributed by atoms with Crippen molar-refractivity contribution in [3.05, 3.63) is 36.5 Å². The number of ether oxygens (including phenoxy) is 1. The molecule has 0 aliphatic rings. The van der Waals surface area contributed by atoms with Gasteiger partial charge in [-0.3, -0.25) is 9.59 Å². The van der Waals surface area contributed by atoms with Gasteiger partial charge in [0.25, 0.3) is 0 Å². The molecule has 6 heteroatoms. The summed E-state index contributed by atoms with van der Waals surface area (Å²) in [7, 11) is 0. The highest BCUT2D eigenvalue weighted by Crippen LogP contribution is 2.16. The van der Waals surface area contributed by atoms with Gasteiger partial charge in [0.05, 0.1) is 25.4 Å². The van der Waals surface area contributed by atoms with E-state index in [4.69, 9.17) is 4.74 Å². The van der Waals surface area contributed by atoms with Crippen molar-refractivity contribution in [1.82, 2.24) is 5.32 Å². The van der Waals surface area contributed by atoms with Crippen molar-refractivity contribution in [1.29, 1.82) is 0 Å². The highest BCUT2D eigenvalue weighted by Gasteiger charge is 2.18. The van der Waals surface area contributed by atoms with Gasteiger partial charge in [0.2, 0.25) is 5.91 Å². The van der Waals surface area contributed by atoms with Crippen LogP contribution in [0.15, 0.2) is 36.5 Å². The molecule has 0 fully saturated rings. The van der Waals surface area contributed by atoms with Gasteiger partial charge in [-0.2, -0.15) is 0 Å². The van der Waals surface area contributed by atoms with Gasteiger partial charge in [0.15, 0.2) is 0 Å². The number of carbonyl (C=O) groups excluding carboxylic acids is 2. The van der Waals surface area contributed by atoms with E-state index in [0.29, 0.717) is 19.4 Å². The zero-order valence-corrected chi connectivity index (χ0v) is 44.9. The fourth-order valence-corrected chi connectivity index (χ4v) is 9.03. The highest BCUT2D eigenvalue weighted by molar-refractivity contribution is 5.76. The van der Waals surface area contributed by atoms with Gasteiger partial charge in [-0.05, 0) is 83.5 Å². The number of amides is 1. The molecule has 0 rings (SSSR count). The van der Waals surface area contributed by atoms with E-state index in [1.165, 1.54) is 238 Å². The summed E-state index contributed by atoms with van der Waals surface area (Å²) in [6.45, 7) is 4.89. The minimum atomic E-state index is -0.851. The molecule has 0 saturated heterocycles. The van der Waals surface area contributed by atoms with Crippen LogP contribution in [0.3, 0.4) is 0 Å². The number of hydrogen-bond acceptors (Lipinski definition) is 5. The molecule has 0 aliphatic heterocycles. The van der Waals surface area contributed by atoms with Crippen LogP contribution in [0.4, 0.5) is 0 Å². The lowest BCUT2D eigenvalue weighted by Gasteiger charge is -2.20. The van der Waals surface area contributed by atoms with E-state index in [1.807, 2.05) is 6.08 Å². The first-order valence-corrected chi connectivity index (χ1v) is 29.8. The standard InChI is InChI=1S/C61H115NO5/c1-3-5-7-9-11-13-15-17-19-27-31-35-39-43-47-51-55-61(66)67-56-52-48-44-40-36-32-28-24-22-20-21-23-26-30-34-38-42-46-50-54-60(65)62-58(57-63)59(64)53-49-45-41-37-33-29-25-18-16-14-12-10-8-6-4-2/h19-21,27,49,53,58-59,63-64H,3-18,22-26,28-48,50-52,54-57H2,1-2H3,(H,62,65)/b21-20-,27-19-,53-49+. The molecule has 0 aromatic carbocycles. The first-order chi connectivity index (χ1) is 33.0. The van der Waals surface area contributed by atoms with Gasteiger partial charge in [-0.1, -0.05) is 256 Å². The van der Waals surface area contributed by atoms with Crippen LogP contribution >= 0.6 is 0 Å². The highest BCUT2D eigenvalue weighted by atomic mass is 16.5. The molecule has 0 bridgehead atoms. The Morgan fingerprint density at radius 2 is 0.701 bits per heavy atom. The zero-order chi connectivity index (χ0) is 48.6. The number of hydrogen-bond donors (Lipinski definition) is 3. The Morgan fingerprint density at radius 1 is 0.403 bits per heavy atom. The molecule has 2 atom stereocenters. The number of aliphatic hydroxyl groups excluding tert-OH is 2. The Morgan fingerprint density at radius 3 is 1.06 bits per heavy atom. The third-order valence-electron chi connectivity index (χ3n) is 13.6. The number of allylic oxidation sites excluding steroid dienone is 5. The van der Waals surface area contributed by atoms with Gasteiger partial charge in [-0.15, -0.1) is 0 Å². The fourth-order valence-electron chi connectivity index (χ4n) is 9.03. The Kier molecular flexibility index (Phi) is 55.0. The van der Waals surface area contributed by atoms with Crippen molar-refractivity contribution in [2.75, 3.05) is 13.2 Å². The molecule has 394 valence electrons. The maximum atomic E-state index is 12.5. The molecule has 0 aromatic heterocycles. The molecule has 1 amide bonds. The van der Waals surface area contributed by atoms with E-state index in [2.05, 4.69) is 43.5 Å². The lowest BCUT2D eigenvalue weighted by molar-refractivity contribution is -0.143. The number of rotatable bonds is 55. The summed E-state index contributed by atoms with van der Waals surface area (Å²) >= 11 is 0. The number of carbonyl (C=O) groups is 2. The van der Waals surface area contributed by atoms with Crippen LogP contribution in [-0.2, 0) is 14.3 Å². The fraction of sp³-hybridized carbons (Fsp3) is 0.869. The van der Waals surface area contributed by atoms with Gasteiger partial charge in [-0.25, -0.2) is 0 Å². The smallest absolute Gasteiger partial charge is 0.305 e. The van der Waals surface area contributed by atoms with E-state index < -0.39 is 12.1 Å². The molecule has 0 aromatic rings. The average Bonchev–Trinajstić information content (AvgIpc) is 3.33. The molecule has 0 radical (unpaired) electrons. The minimum Gasteiger partial charge on any atom is -0.466 e. The van der Waals surface area contributed by atoms with Crippen LogP contribution in [0.5, 0.6) is 0 Å². The second-order valence-electron chi connectivity index (χ2n) is 20.3. The third kappa shape index (κ3) is 53.3. The van der Waals surface area contributed by atoms with Gasteiger partial charge >= 0.3 is 5.97 Å². The average molecular weight is 943 g/mol. The van der Waals surface area contributed by atoms with Crippen molar-refractivity contribution in [3.63, 3.8) is 0 Å². The molecule has 3 N–H and O–H groups in total. The lowest BCUT2D eigenvalue weighted by atomic mass is 10.0. The van der Waals surface area contributed by atoms with Gasteiger partial charge in [0.1, 0.15) is 0 Å². The largest absolute Gasteiger partial charge is 0.466 e. The minimum absolute atomic E-state index is 0.00431. The molecule has 0 heterocycles. The molecule has 67 heavy (non-hydrogen) atoms. The third-order valence-corrected chi connectivity index (χ3v) is 13.6. The van der Waals surface area contributed by atoms with Gasteiger partial charge in [0, 0.05) is 12.8 Å². The topological polar surface area (TPSA) is 95.9 Å². The first kappa shape index (κ1) is 65.1. The van der Waals surface area contributed by atoms with Crippen LogP contribution in [0.2, 0.25) is 0 Å². The zero-order valence-electron chi connectivity index (χ0n) is 44.9. The maximum Gasteiger partial charge on any atom is 0.305 e. The Balaban J connectivity index is 3.46. The lowest BCUT2D eigenvalue weighted by Crippen LogP contribution is -2.45. The van der Waals surface area contributed by atoms with Crippen molar-refractivity contribution < 1.29 is 24.5 Å². The summed E-state index contributed by atoms with van der Waals surface area (Å²) in [6.07, 6.45) is 70.2. The number of esters is 1. The quantitative estimate of drug-likeness (QED) is 0.0321. The van der Waals surface area contributed by atoms with Crippen LogP contribution in [0.25, 0.3) is 0 Å². The molecule has 0 aliphatic carbocycles. The summed E-state index contributed by atoms with van der Waals surface area (Å²) < 4.78 is 5.48. The molecule has 2 unspecified atom stereocenters. The van der Waals surface area contributed by atoms with Crippen molar-refractivity contribution in [2.45, 2.75) is 328 Å². The number of aliphatic hydroxyl groups is 2. The Bertz CT molecular complexity index is 1090. The number of nitrogens with one attached hydrogen (secondary N) is 1. The predicted octanol–water partition coefficient (Wildman–Crippen LogP) is 18.4. The monoisotopic (exact) mass is 942 g/mol. The second-order valence-corrected chi connectivity index (χ2v) is 20.3. The van der Waals surface area contributed by atoms with E-state index in [9.17, 15) is 19.8 Å².